The number of hydrogen-bond donors (Lipinski definition) is 3. The van der Waals surface area contributed by atoms with Gasteiger partial charge >= 0.3 is 5.69 Å². The molecular weight excluding hydrogens is 232 g/mol. The molecule has 2 aromatic rings. The molecule has 6 heteroatoms. The standard InChI is InChI=1S/C12H10N4O2/c1-7-2-4-8(5-3-7)14-10-9(6-13)11(17)16-12(18)15-10/h2-5H,1H3,(H3,14,15,16,17,18). The van der Waals surface area contributed by atoms with Gasteiger partial charge in [-0.3, -0.25) is 14.8 Å². The molecule has 0 aliphatic heterocycles. The van der Waals surface area contributed by atoms with Gasteiger partial charge in [-0.15, -0.1) is 0 Å². The van der Waals surface area contributed by atoms with Crippen molar-refractivity contribution in [2.75, 3.05) is 5.32 Å². The third-order valence-corrected chi connectivity index (χ3v) is 2.38. The van der Waals surface area contributed by atoms with Crippen LogP contribution in [-0.2, 0) is 0 Å². The highest BCUT2D eigenvalue weighted by atomic mass is 16.2. The molecule has 0 aliphatic rings. The van der Waals surface area contributed by atoms with E-state index < -0.39 is 11.2 Å². The maximum atomic E-state index is 11.4. The second kappa shape index (κ2) is 4.59. The summed E-state index contributed by atoms with van der Waals surface area (Å²) in [5, 5.41) is 11.7. The molecule has 0 atom stereocenters. The highest BCUT2D eigenvalue weighted by molar-refractivity contribution is 5.61. The van der Waals surface area contributed by atoms with Crippen LogP contribution in [0.4, 0.5) is 11.5 Å². The van der Waals surface area contributed by atoms with Crippen molar-refractivity contribution >= 4 is 11.5 Å². The largest absolute Gasteiger partial charge is 0.340 e. The number of nitriles is 1. The molecule has 0 aliphatic carbocycles. The van der Waals surface area contributed by atoms with Crippen LogP contribution >= 0.6 is 0 Å². The normalized spacial score (nSPS) is 9.78. The fraction of sp³-hybridized carbons (Fsp3) is 0.0833. The van der Waals surface area contributed by atoms with Gasteiger partial charge in [0.25, 0.3) is 5.56 Å². The van der Waals surface area contributed by atoms with Crippen molar-refractivity contribution in [1.29, 1.82) is 5.26 Å². The molecule has 3 N–H and O–H groups in total. The Kier molecular flexibility index (Phi) is 2.98. The fourth-order valence-electron chi connectivity index (χ4n) is 1.47. The first-order valence-corrected chi connectivity index (χ1v) is 5.20. The van der Waals surface area contributed by atoms with E-state index >= 15 is 0 Å². The Morgan fingerprint density at radius 3 is 2.44 bits per heavy atom. The van der Waals surface area contributed by atoms with Crippen LogP contribution < -0.4 is 16.6 Å². The maximum absolute atomic E-state index is 11.4. The summed E-state index contributed by atoms with van der Waals surface area (Å²) in [7, 11) is 0. The summed E-state index contributed by atoms with van der Waals surface area (Å²) in [6.45, 7) is 1.94. The van der Waals surface area contributed by atoms with E-state index in [1.807, 2.05) is 24.0 Å². The van der Waals surface area contributed by atoms with Crippen molar-refractivity contribution in [1.82, 2.24) is 9.97 Å². The Bertz CT molecular complexity index is 719. The topological polar surface area (TPSA) is 102 Å². The van der Waals surface area contributed by atoms with Gasteiger partial charge in [0.2, 0.25) is 0 Å². The van der Waals surface area contributed by atoms with Crippen LogP contribution in [0.1, 0.15) is 11.1 Å². The molecule has 1 aromatic heterocycles. The Hall–Kier alpha value is -2.81. The van der Waals surface area contributed by atoms with Gasteiger partial charge in [-0.2, -0.15) is 5.26 Å². The molecule has 0 radical (unpaired) electrons. The first kappa shape index (κ1) is 11.7. The summed E-state index contributed by atoms with van der Waals surface area (Å²) in [5.74, 6) is 0.0927. The predicted octanol–water partition coefficient (Wildman–Crippen LogP) is 0.987. The molecule has 0 saturated heterocycles. The van der Waals surface area contributed by atoms with Crippen LogP contribution in [0, 0.1) is 18.3 Å². The van der Waals surface area contributed by atoms with E-state index in [9.17, 15) is 9.59 Å². The summed E-state index contributed by atoms with van der Waals surface area (Å²) in [6.07, 6.45) is 0. The van der Waals surface area contributed by atoms with Crippen LogP contribution in [-0.4, -0.2) is 9.97 Å². The van der Waals surface area contributed by atoms with Crippen molar-refractivity contribution in [2.45, 2.75) is 6.92 Å². The smallest absolute Gasteiger partial charge is 0.327 e. The highest BCUT2D eigenvalue weighted by Crippen LogP contribution is 2.15. The fourth-order valence-corrected chi connectivity index (χ4v) is 1.47. The molecular formula is C12H10N4O2. The van der Waals surface area contributed by atoms with Crippen molar-refractivity contribution in [3.63, 3.8) is 0 Å². The molecule has 6 nitrogen and oxygen atoms in total. The molecule has 0 bridgehead atoms. The number of anilines is 2. The third-order valence-electron chi connectivity index (χ3n) is 2.38. The van der Waals surface area contributed by atoms with E-state index in [1.54, 1.807) is 18.2 Å². The second-order valence-corrected chi connectivity index (χ2v) is 3.76. The van der Waals surface area contributed by atoms with Gasteiger partial charge in [0.05, 0.1) is 0 Å². The highest BCUT2D eigenvalue weighted by Gasteiger charge is 2.08. The Balaban J connectivity index is 2.46. The van der Waals surface area contributed by atoms with E-state index in [0.29, 0.717) is 5.69 Å². The number of aromatic nitrogens is 2. The summed E-state index contributed by atoms with van der Waals surface area (Å²) in [6, 6.07) is 9.07. The Morgan fingerprint density at radius 1 is 1.17 bits per heavy atom. The first-order chi connectivity index (χ1) is 8.60. The lowest BCUT2D eigenvalue weighted by atomic mass is 10.2. The molecule has 0 saturated carbocycles. The van der Waals surface area contributed by atoms with E-state index in [2.05, 4.69) is 10.3 Å². The molecule has 1 heterocycles. The second-order valence-electron chi connectivity index (χ2n) is 3.76. The number of hydrogen-bond acceptors (Lipinski definition) is 4. The van der Waals surface area contributed by atoms with Gasteiger partial charge in [0.1, 0.15) is 11.9 Å². The van der Waals surface area contributed by atoms with Gasteiger partial charge in [0, 0.05) is 5.69 Å². The van der Waals surface area contributed by atoms with Crippen molar-refractivity contribution < 1.29 is 0 Å². The van der Waals surface area contributed by atoms with Gasteiger partial charge in [0.15, 0.2) is 5.56 Å². The molecule has 1 aromatic carbocycles. The predicted molar refractivity (Wildman–Crippen MR) is 66.9 cm³/mol. The van der Waals surface area contributed by atoms with Gasteiger partial charge in [-0.05, 0) is 19.1 Å². The monoisotopic (exact) mass is 242 g/mol. The van der Waals surface area contributed by atoms with E-state index in [0.717, 1.165) is 5.56 Å². The zero-order chi connectivity index (χ0) is 13.1. The van der Waals surface area contributed by atoms with Gasteiger partial charge in [-0.1, -0.05) is 17.7 Å². The summed E-state index contributed by atoms with van der Waals surface area (Å²) >= 11 is 0. The number of nitrogens with zero attached hydrogens (tertiary/aromatic N) is 1. The van der Waals surface area contributed by atoms with Crippen molar-refractivity contribution in [3.8, 4) is 6.07 Å². The minimum atomic E-state index is -0.712. The lowest BCUT2D eigenvalue weighted by molar-refractivity contribution is 1.03. The summed E-state index contributed by atoms with van der Waals surface area (Å²) in [4.78, 5) is 26.9. The van der Waals surface area contributed by atoms with Gasteiger partial charge < -0.3 is 5.32 Å². The minimum absolute atomic E-state index is 0.0927. The Labute approximate surface area is 102 Å². The van der Waals surface area contributed by atoms with Crippen molar-refractivity contribution in [2.24, 2.45) is 0 Å². The minimum Gasteiger partial charge on any atom is -0.340 e. The van der Waals surface area contributed by atoms with Gasteiger partial charge in [-0.25, -0.2) is 4.79 Å². The average molecular weight is 242 g/mol. The molecule has 90 valence electrons. The summed E-state index contributed by atoms with van der Waals surface area (Å²) in [5.41, 5.74) is 0.235. The quantitative estimate of drug-likeness (QED) is 0.730. The average Bonchev–Trinajstić information content (AvgIpc) is 2.32. The number of nitrogens with one attached hydrogen (secondary N) is 3. The zero-order valence-corrected chi connectivity index (χ0v) is 9.57. The molecule has 2 rings (SSSR count). The van der Waals surface area contributed by atoms with Crippen molar-refractivity contribution in [3.05, 3.63) is 56.2 Å². The maximum Gasteiger partial charge on any atom is 0.327 e. The number of aryl methyl sites for hydroxylation is 1. The molecule has 0 fully saturated rings. The number of benzene rings is 1. The number of rotatable bonds is 2. The van der Waals surface area contributed by atoms with Crippen LogP contribution in [0.3, 0.4) is 0 Å². The lowest BCUT2D eigenvalue weighted by Crippen LogP contribution is -2.25. The van der Waals surface area contributed by atoms with Crippen LogP contribution in [0.5, 0.6) is 0 Å². The molecule has 0 unspecified atom stereocenters. The SMILES string of the molecule is Cc1ccc(Nc2[nH]c(=O)[nH]c(=O)c2C#N)cc1. The van der Waals surface area contributed by atoms with Crippen LogP contribution in [0.15, 0.2) is 33.9 Å². The zero-order valence-electron chi connectivity index (χ0n) is 9.57. The van der Waals surface area contributed by atoms with E-state index in [4.69, 9.17) is 5.26 Å². The molecule has 18 heavy (non-hydrogen) atoms. The van der Waals surface area contributed by atoms with Crippen LogP contribution in [0.2, 0.25) is 0 Å². The summed E-state index contributed by atoms with van der Waals surface area (Å²) < 4.78 is 0. The molecule has 0 amide bonds. The first-order valence-electron chi connectivity index (χ1n) is 5.20. The lowest BCUT2D eigenvalue weighted by Gasteiger charge is -2.07. The Morgan fingerprint density at radius 2 is 1.83 bits per heavy atom. The van der Waals surface area contributed by atoms with E-state index in [-0.39, 0.29) is 11.4 Å². The molecule has 0 spiro atoms. The van der Waals surface area contributed by atoms with Crippen LogP contribution in [0.25, 0.3) is 0 Å². The number of aromatic amines is 2. The third kappa shape index (κ3) is 2.30. The number of H-pyrrole nitrogens is 2. The van der Waals surface area contributed by atoms with E-state index in [1.165, 1.54) is 0 Å².